The molecule has 0 radical (unpaired) electrons. The third kappa shape index (κ3) is 6.79. The van der Waals surface area contributed by atoms with Crippen LogP contribution in [0, 0.1) is 0 Å². The molecule has 1 aliphatic heterocycles. The van der Waals surface area contributed by atoms with Crippen molar-refractivity contribution in [2.45, 2.75) is 32.2 Å². The molecule has 8 nitrogen and oxygen atoms in total. The molecule has 0 aliphatic carbocycles. The summed E-state index contributed by atoms with van der Waals surface area (Å²) in [5, 5.41) is 10.2. The molecule has 2 aromatic carbocycles. The van der Waals surface area contributed by atoms with Crippen LogP contribution < -0.4 is 15.4 Å². The van der Waals surface area contributed by atoms with Crippen LogP contribution >= 0.6 is 0 Å². The molecule has 2 N–H and O–H groups in total. The van der Waals surface area contributed by atoms with Crippen molar-refractivity contribution in [3.63, 3.8) is 0 Å². The number of carbonyl (C=O) groups is 1. The van der Waals surface area contributed by atoms with E-state index < -0.39 is 0 Å². The lowest BCUT2D eigenvalue weighted by Gasteiger charge is -2.26. The number of anilines is 2. The van der Waals surface area contributed by atoms with Crippen LogP contribution in [0.25, 0.3) is 0 Å². The number of hydrogen-bond donors (Lipinski definition) is 2. The minimum Gasteiger partial charge on any atom is -0.494 e. The van der Waals surface area contributed by atoms with E-state index in [0.717, 1.165) is 18.7 Å². The molecule has 4 rings (SSSR count). The van der Waals surface area contributed by atoms with Crippen LogP contribution in [0.4, 0.5) is 11.9 Å². The van der Waals surface area contributed by atoms with Gasteiger partial charge in [-0.05, 0) is 62.2 Å². The Labute approximate surface area is 195 Å². The highest BCUT2D eigenvalue weighted by molar-refractivity contribution is 6.03. The van der Waals surface area contributed by atoms with Crippen LogP contribution in [0.1, 0.15) is 41.6 Å². The minimum absolute atomic E-state index is 0.233. The molecular weight excluding hydrogens is 416 g/mol. The Kier molecular flexibility index (Phi) is 7.92. The van der Waals surface area contributed by atoms with Crippen molar-refractivity contribution in [1.29, 1.82) is 0 Å². The highest BCUT2D eigenvalue weighted by Crippen LogP contribution is 2.18. The molecule has 8 heteroatoms. The molecule has 2 heterocycles. The van der Waals surface area contributed by atoms with Crippen molar-refractivity contribution in [2.75, 3.05) is 36.9 Å². The van der Waals surface area contributed by atoms with E-state index in [4.69, 9.17) is 4.74 Å². The zero-order valence-corrected chi connectivity index (χ0v) is 19.2. The van der Waals surface area contributed by atoms with Crippen LogP contribution in [-0.4, -0.2) is 51.8 Å². The zero-order valence-electron chi connectivity index (χ0n) is 19.2. The summed E-state index contributed by atoms with van der Waals surface area (Å²) >= 11 is 0. The van der Waals surface area contributed by atoms with Crippen LogP contribution in [0.2, 0.25) is 0 Å². The van der Waals surface area contributed by atoms with Crippen molar-refractivity contribution >= 4 is 17.8 Å². The van der Waals surface area contributed by atoms with Crippen LogP contribution in [-0.2, 0) is 13.6 Å². The van der Waals surface area contributed by atoms with Gasteiger partial charge in [-0.3, -0.25) is 15.0 Å². The van der Waals surface area contributed by atoms with Crippen molar-refractivity contribution < 1.29 is 9.53 Å². The number of aryl methyl sites for hydroxylation is 1. The van der Waals surface area contributed by atoms with Gasteiger partial charge in [0.2, 0.25) is 5.95 Å². The number of benzene rings is 2. The van der Waals surface area contributed by atoms with Crippen LogP contribution in [0.15, 0.2) is 54.6 Å². The largest absolute Gasteiger partial charge is 0.494 e. The van der Waals surface area contributed by atoms with E-state index in [-0.39, 0.29) is 11.9 Å². The number of rotatable bonds is 10. The highest BCUT2D eigenvalue weighted by Gasteiger charge is 2.12. The number of amides is 1. The molecule has 0 unspecified atom stereocenters. The first-order chi connectivity index (χ1) is 16.2. The molecule has 3 aromatic rings. The van der Waals surface area contributed by atoms with Crippen molar-refractivity contribution in [2.24, 2.45) is 7.05 Å². The molecule has 0 atom stereocenters. The quantitative estimate of drug-likeness (QED) is 0.457. The van der Waals surface area contributed by atoms with Crippen molar-refractivity contribution in [1.82, 2.24) is 19.7 Å². The fraction of sp³-hybridized carbons (Fsp3) is 0.400. The Morgan fingerprint density at radius 2 is 1.88 bits per heavy atom. The van der Waals surface area contributed by atoms with Gasteiger partial charge in [0.25, 0.3) is 11.9 Å². The molecule has 0 spiro atoms. The average Bonchev–Trinajstić information content (AvgIpc) is 3.19. The number of aromatic nitrogens is 3. The number of ether oxygens (including phenoxy) is 1. The molecule has 174 valence electrons. The van der Waals surface area contributed by atoms with Gasteiger partial charge in [-0.15, -0.1) is 5.10 Å². The van der Waals surface area contributed by atoms with Crippen molar-refractivity contribution in [3.8, 4) is 5.75 Å². The van der Waals surface area contributed by atoms with E-state index in [0.29, 0.717) is 24.7 Å². The lowest BCUT2D eigenvalue weighted by molar-refractivity contribution is 0.102. The topological polar surface area (TPSA) is 84.3 Å². The second-order valence-electron chi connectivity index (χ2n) is 8.32. The lowest BCUT2D eigenvalue weighted by atomic mass is 10.1. The number of nitrogens with one attached hydrogen (secondary N) is 2. The lowest BCUT2D eigenvalue weighted by Crippen LogP contribution is -2.29. The Balaban J connectivity index is 1.19. The second kappa shape index (κ2) is 11.5. The molecule has 1 amide bonds. The average molecular weight is 449 g/mol. The normalized spacial score (nSPS) is 14.1. The Bertz CT molecular complexity index is 1030. The SMILES string of the molecule is Cn1nc(NC(=O)c2ccccc2)nc1NCCCOc1cccc(CN2CCCCC2)c1. The number of likely N-dealkylation sites (tertiary alicyclic amines) is 1. The molecule has 1 aromatic heterocycles. The van der Waals surface area contributed by atoms with Crippen molar-refractivity contribution in [3.05, 3.63) is 65.7 Å². The summed E-state index contributed by atoms with van der Waals surface area (Å²) in [6.07, 6.45) is 4.77. The van der Waals surface area contributed by atoms with Gasteiger partial charge >= 0.3 is 0 Å². The second-order valence-corrected chi connectivity index (χ2v) is 8.32. The molecular formula is C25H32N6O2. The molecule has 33 heavy (non-hydrogen) atoms. The number of nitrogens with zero attached hydrogens (tertiary/aromatic N) is 4. The van der Waals surface area contributed by atoms with E-state index in [9.17, 15) is 4.79 Å². The fourth-order valence-electron chi connectivity index (χ4n) is 3.93. The maximum Gasteiger partial charge on any atom is 0.258 e. The maximum atomic E-state index is 12.3. The van der Waals surface area contributed by atoms with Gasteiger partial charge in [0, 0.05) is 25.7 Å². The predicted octanol–water partition coefficient (Wildman–Crippen LogP) is 3.93. The molecule has 1 aliphatic rings. The monoisotopic (exact) mass is 448 g/mol. The minimum atomic E-state index is -0.233. The van der Waals surface area contributed by atoms with E-state index in [1.165, 1.54) is 37.9 Å². The predicted molar refractivity (Wildman–Crippen MR) is 130 cm³/mol. The molecule has 0 bridgehead atoms. The maximum absolute atomic E-state index is 12.3. The Morgan fingerprint density at radius 1 is 1.06 bits per heavy atom. The number of piperidine rings is 1. The molecule has 1 fully saturated rings. The third-order valence-corrected chi connectivity index (χ3v) is 5.65. The first-order valence-electron chi connectivity index (χ1n) is 11.6. The molecule has 0 saturated carbocycles. The van der Waals surface area contributed by atoms with Gasteiger partial charge < -0.3 is 10.1 Å². The van der Waals surface area contributed by atoms with Gasteiger partial charge in [-0.25, -0.2) is 4.68 Å². The summed E-state index contributed by atoms with van der Waals surface area (Å²) < 4.78 is 7.57. The molecule has 1 saturated heterocycles. The standard InChI is InChI=1S/C25H32N6O2/c1-30-25(28-24(29-30)27-23(32)21-11-4-2-5-12-21)26-14-9-17-33-22-13-8-10-20(18-22)19-31-15-6-3-7-16-31/h2,4-5,8,10-13,18H,3,6-7,9,14-17,19H2,1H3,(H2,26,27,28,29,32). The first kappa shape index (κ1) is 22.8. The summed E-state index contributed by atoms with van der Waals surface area (Å²) in [5.41, 5.74) is 1.87. The van der Waals surface area contributed by atoms with Gasteiger partial charge in [0.1, 0.15) is 5.75 Å². The summed E-state index contributed by atoms with van der Waals surface area (Å²) in [4.78, 5) is 19.1. The Morgan fingerprint density at radius 3 is 2.70 bits per heavy atom. The summed E-state index contributed by atoms with van der Waals surface area (Å²) in [6, 6.07) is 17.4. The third-order valence-electron chi connectivity index (χ3n) is 5.65. The van der Waals surface area contributed by atoms with E-state index in [1.54, 1.807) is 23.9 Å². The Hall–Kier alpha value is -3.39. The van der Waals surface area contributed by atoms with Gasteiger partial charge in [-0.1, -0.05) is 36.8 Å². The highest BCUT2D eigenvalue weighted by atomic mass is 16.5. The van der Waals surface area contributed by atoms with E-state index >= 15 is 0 Å². The number of hydrogen-bond acceptors (Lipinski definition) is 6. The number of carbonyl (C=O) groups excluding carboxylic acids is 1. The van der Waals surface area contributed by atoms with Crippen LogP contribution in [0.3, 0.4) is 0 Å². The van der Waals surface area contributed by atoms with E-state index in [1.807, 2.05) is 24.3 Å². The van der Waals surface area contributed by atoms with Crippen LogP contribution in [0.5, 0.6) is 5.75 Å². The van der Waals surface area contributed by atoms with Gasteiger partial charge in [0.05, 0.1) is 6.61 Å². The summed E-state index contributed by atoms with van der Waals surface area (Å²) in [5.74, 6) is 1.55. The fourth-order valence-corrected chi connectivity index (χ4v) is 3.93. The summed E-state index contributed by atoms with van der Waals surface area (Å²) in [6.45, 7) is 4.67. The smallest absolute Gasteiger partial charge is 0.258 e. The summed E-state index contributed by atoms with van der Waals surface area (Å²) in [7, 11) is 1.79. The zero-order chi connectivity index (χ0) is 22.9. The van der Waals surface area contributed by atoms with Gasteiger partial charge in [-0.2, -0.15) is 4.98 Å². The van der Waals surface area contributed by atoms with Gasteiger partial charge in [0.15, 0.2) is 0 Å². The van der Waals surface area contributed by atoms with E-state index in [2.05, 4.69) is 43.8 Å². The first-order valence-corrected chi connectivity index (χ1v) is 11.6.